The first kappa shape index (κ1) is 16.1. The molecule has 0 saturated carbocycles. The third-order valence-corrected chi connectivity index (χ3v) is 3.70. The van der Waals surface area contributed by atoms with Gasteiger partial charge in [0.2, 0.25) is 0 Å². The maximum atomic E-state index is 12.4. The molecule has 6 nitrogen and oxygen atoms in total. The van der Waals surface area contributed by atoms with Crippen LogP contribution in [0.15, 0.2) is 24.3 Å². The molecule has 1 saturated heterocycles. The Morgan fingerprint density at radius 3 is 2.41 bits per heavy atom. The van der Waals surface area contributed by atoms with E-state index in [-0.39, 0.29) is 11.9 Å². The first-order valence-corrected chi connectivity index (χ1v) is 7.50. The molecular formula is C16H22N2O4. The van der Waals surface area contributed by atoms with Crippen LogP contribution in [0.25, 0.3) is 0 Å². The number of alkyl carbamates (subject to hydrolysis) is 1. The Hall–Kier alpha value is -2.24. The number of carbonyl (C=O) groups excluding carboxylic acids is 2. The number of benzene rings is 1. The van der Waals surface area contributed by atoms with E-state index >= 15 is 0 Å². The fourth-order valence-corrected chi connectivity index (χ4v) is 2.50. The lowest BCUT2D eigenvalue weighted by Gasteiger charge is -2.32. The molecular weight excluding hydrogens is 284 g/mol. The maximum absolute atomic E-state index is 12.4. The van der Waals surface area contributed by atoms with Gasteiger partial charge in [-0.05, 0) is 44.0 Å². The minimum absolute atomic E-state index is 0.0135. The first-order valence-electron chi connectivity index (χ1n) is 7.50. The summed E-state index contributed by atoms with van der Waals surface area (Å²) in [5, 5.41) is 2.77. The number of nitrogens with zero attached hydrogens (tertiary/aromatic N) is 1. The highest BCUT2D eigenvalue weighted by atomic mass is 16.5. The molecule has 22 heavy (non-hydrogen) atoms. The number of likely N-dealkylation sites (tertiary alicyclic amines) is 1. The number of ether oxygens (including phenoxy) is 2. The summed E-state index contributed by atoms with van der Waals surface area (Å²) < 4.78 is 9.96. The van der Waals surface area contributed by atoms with Crippen LogP contribution in [0.5, 0.6) is 5.75 Å². The van der Waals surface area contributed by atoms with Gasteiger partial charge in [-0.2, -0.15) is 0 Å². The van der Waals surface area contributed by atoms with Gasteiger partial charge in [-0.3, -0.25) is 4.79 Å². The zero-order valence-corrected chi connectivity index (χ0v) is 13.0. The number of carbonyl (C=O) groups is 2. The topological polar surface area (TPSA) is 67.9 Å². The van der Waals surface area contributed by atoms with Gasteiger partial charge in [0.15, 0.2) is 0 Å². The summed E-state index contributed by atoms with van der Waals surface area (Å²) in [6, 6.07) is 7.25. The minimum Gasteiger partial charge on any atom is -0.494 e. The van der Waals surface area contributed by atoms with Crippen molar-refractivity contribution in [3.05, 3.63) is 29.8 Å². The van der Waals surface area contributed by atoms with Crippen LogP contribution < -0.4 is 10.1 Å². The summed E-state index contributed by atoms with van der Waals surface area (Å²) in [5.74, 6) is 0.777. The summed E-state index contributed by atoms with van der Waals surface area (Å²) in [7, 11) is 1.35. The minimum atomic E-state index is -0.420. The lowest BCUT2D eigenvalue weighted by atomic mass is 10.0. The highest BCUT2D eigenvalue weighted by Crippen LogP contribution is 2.17. The molecule has 1 aliphatic rings. The van der Waals surface area contributed by atoms with E-state index in [1.807, 2.05) is 24.0 Å². The van der Waals surface area contributed by atoms with Crippen molar-refractivity contribution >= 4 is 12.0 Å². The van der Waals surface area contributed by atoms with Gasteiger partial charge in [-0.1, -0.05) is 0 Å². The molecule has 0 radical (unpaired) electrons. The zero-order valence-electron chi connectivity index (χ0n) is 13.0. The molecule has 1 aliphatic heterocycles. The van der Waals surface area contributed by atoms with Crippen molar-refractivity contribution in [1.82, 2.24) is 10.2 Å². The maximum Gasteiger partial charge on any atom is 0.407 e. The molecule has 1 aromatic rings. The Bertz CT molecular complexity index is 507. The molecule has 1 N–H and O–H groups in total. The van der Waals surface area contributed by atoms with Crippen molar-refractivity contribution in [1.29, 1.82) is 0 Å². The third-order valence-electron chi connectivity index (χ3n) is 3.70. The second-order valence-electron chi connectivity index (χ2n) is 5.16. The lowest BCUT2D eigenvalue weighted by Crippen LogP contribution is -2.46. The number of piperidine rings is 1. The molecule has 2 amide bonds. The largest absolute Gasteiger partial charge is 0.494 e. The van der Waals surface area contributed by atoms with E-state index in [0.29, 0.717) is 25.3 Å². The number of hydrogen-bond acceptors (Lipinski definition) is 4. The van der Waals surface area contributed by atoms with E-state index in [1.165, 1.54) is 7.11 Å². The van der Waals surface area contributed by atoms with Crippen molar-refractivity contribution < 1.29 is 19.1 Å². The first-order chi connectivity index (χ1) is 10.6. The van der Waals surface area contributed by atoms with Gasteiger partial charge in [-0.25, -0.2) is 4.79 Å². The highest BCUT2D eigenvalue weighted by molar-refractivity contribution is 5.94. The smallest absolute Gasteiger partial charge is 0.407 e. The molecule has 0 aromatic heterocycles. The molecule has 6 heteroatoms. The summed E-state index contributed by atoms with van der Waals surface area (Å²) in [4.78, 5) is 25.4. The van der Waals surface area contributed by atoms with Gasteiger partial charge < -0.3 is 19.7 Å². The predicted octanol–water partition coefficient (Wildman–Crippen LogP) is 2.05. The van der Waals surface area contributed by atoms with Crippen molar-refractivity contribution in [3.8, 4) is 5.75 Å². The monoisotopic (exact) mass is 306 g/mol. The van der Waals surface area contributed by atoms with Gasteiger partial charge in [0.05, 0.1) is 13.7 Å². The normalized spacial score (nSPS) is 15.3. The number of nitrogens with one attached hydrogen (secondary N) is 1. The highest BCUT2D eigenvalue weighted by Gasteiger charge is 2.24. The molecule has 0 spiro atoms. The Labute approximate surface area is 130 Å². The van der Waals surface area contributed by atoms with Crippen LogP contribution in [0.1, 0.15) is 30.1 Å². The zero-order chi connectivity index (χ0) is 15.9. The van der Waals surface area contributed by atoms with E-state index in [0.717, 1.165) is 18.6 Å². The van der Waals surface area contributed by atoms with Crippen LogP contribution >= 0.6 is 0 Å². The average Bonchev–Trinajstić information content (AvgIpc) is 2.56. The molecule has 0 unspecified atom stereocenters. The molecule has 120 valence electrons. The molecule has 1 heterocycles. The van der Waals surface area contributed by atoms with E-state index in [4.69, 9.17) is 4.74 Å². The predicted molar refractivity (Wildman–Crippen MR) is 82.1 cm³/mol. The molecule has 1 fully saturated rings. The number of amides is 2. The molecule has 0 atom stereocenters. The Kier molecular flexibility index (Phi) is 5.63. The molecule has 0 aliphatic carbocycles. The lowest BCUT2D eigenvalue weighted by molar-refractivity contribution is 0.0704. The molecule has 1 aromatic carbocycles. The van der Waals surface area contributed by atoms with Crippen LogP contribution in [0, 0.1) is 0 Å². The Morgan fingerprint density at radius 1 is 1.23 bits per heavy atom. The average molecular weight is 306 g/mol. The van der Waals surface area contributed by atoms with Crippen LogP contribution in [-0.4, -0.2) is 49.7 Å². The van der Waals surface area contributed by atoms with Crippen LogP contribution in [0.4, 0.5) is 4.79 Å². The molecule has 0 bridgehead atoms. The van der Waals surface area contributed by atoms with E-state index in [1.54, 1.807) is 12.1 Å². The van der Waals surface area contributed by atoms with Crippen LogP contribution in [0.2, 0.25) is 0 Å². The second-order valence-corrected chi connectivity index (χ2v) is 5.16. The summed E-state index contributed by atoms with van der Waals surface area (Å²) in [5.41, 5.74) is 0.655. The van der Waals surface area contributed by atoms with Gasteiger partial charge >= 0.3 is 6.09 Å². The Morgan fingerprint density at radius 2 is 1.86 bits per heavy atom. The van der Waals surface area contributed by atoms with Crippen LogP contribution in [-0.2, 0) is 4.74 Å². The van der Waals surface area contributed by atoms with Crippen molar-refractivity contribution in [2.45, 2.75) is 25.8 Å². The standard InChI is InChI=1S/C16H22N2O4/c1-3-22-14-6-4-12(5-7-14)15(19)18-10-8-13(9-11-18)17-16(20)21-2/h4-7,13H,3,8-11H2,1-2H3,(H,17,20). The summed E-state index contributed by atoms with van der Waals surface area (Å²) >= 11 is 0. The van der Waals surface area contributed by atoms with Gasteiger partial charge in [0.1, 0.15) is 5.75 Å². The van der Waals surface area contributed by atoms with Crippen molar-refractivity contribution in [3.63, 3.8) is 0 Å². The van der Waals surface area contributed by atoms with Gasteiger partial charge in [0.25, 0.3) is 5.91 Å². The van der Waals surface area contributed by atoms with Crippen molar-refractivity contribution in [2.75, 3.05) is 26.8 Å². The van der Waals surface area contributed by atoms with E-state index in [9.17, 15) is 9.59 Å². The Balaban J connectivity index is 1.87. The number of rotatable bonds is 4. The summed E-state index contributed by atoms with van der Waals surface area (Å²) in [6.07, 6.45) is 1.05. The van der Waals surface area contributed by atoms with E-state index < -0.39 is 6.09 Å². The second kappa shape index (κ2) is 7.68. The summed E-state index contributed by atoms with van der Waals surface area (Å²) in [6.45, 7) is 3.78. The quantitative estimate of drug-likeness (QED) is 0.924. The van der Waals surface area contributed by atoms with Gasteiger partial charge in [-0.15, -0.1) is 0 Å². The SMILES string of the molecule is CCOc1ccc(C(=O)N2CCC(NC(=O)OC)CC2)cc1. The number of hydrogen-bond donors (Lipinski definition) is 1. The number of methoxy groups -OCH3 is 1. The molecule has 2 rings (SSSR count). The van der Waals surface area contributed by atoms with E-state index in [2.05, 4.69) is 10.1 Å². The van der Waals surface area contributed by atoms with Crippen LogP contribution in [0.3, 0.4) is 0 Å². The fourth-order valence-electron chi connectivity index (χ4n) is 2.50. The van der Waals surface area contributed by atoms with Gasteiger partial charge in [0, 0.05) is 24.7 Å². The fraction of sp³-hybridized carbons (Fsp3) is 0.500. The third kappa shape index (κ3) is 4.13. The van der Waals surface area contributed by atoms with Crippen molar-refractivity contribution in [2.24, 2.45) is 0 Å².